The van der Waals surface area contributed by atoms with Gasteiger partial charge in [-0.2, -0.15) is 0 Å². The average molecular weight is 380 g/mol. The summed E-state index contributed by atoms with van der Waals surface area (Å²) in [4.78, 5) is 11.6. The predicted octanol–water partition coefficient (Wildman–Crippen LogP) is 3.06. The molecule has 6 heteroatoms. The van der Waals surface area contributed by atoms with E-state index in [0.29, 0.717) is 19.6 Å². The molecule has 120 valence electrons. The standard InChI is InChI=1S/C15H23BrN2O2.ClH/c1-3-7-17-8-9-18-15(19)6-10-20-14-5-4-12(2)11-13(14)16;/h4-5,11,17H,3,6-10H2,1-2H3,(H,18,19);1H. The van der Waals surface area contributed by atoms with E-state index in [9.17, 15) is 4.79 Å². The van der Waals surface area contributed by atoms with Crippen LogP contribution in [0.1, 0.15) is 25.3 Å². The number of carbonyl (C=O) groups excluding carboxylic acids is 1. The summed E-state index contributed by atoms with van der Waals surface area (Å²) in [7, 11) is 0. The highest BCUT2D eigenvalue weighted by Gasteiger charge is 2.04. The smallest absolute Gasteiger partial charge is 0.223 e. The van der Waals surface area contributed by atoms with E-state index < -0.39 is 0 Å². The van der Waals surface area contributed by atoms with Gasteiger partial charge >= 0.3 is 0 Å². The third-order valence-electron chi connectivity index (χ3n) is 2.72. The molecule has 21 heavy (non-hydrogen) atoms. The number of halogens is 2. The van der Waals surface area contributed by atoms with Crippen molar-refractivity contribution in [2.45, 2.75) is 26.7 Å². The Morgan fingerprint density at radius 3 is 2.71 bits per heavy atom. The molecule has 1 amide bonds. The first-order chi connectivity index (χ1) is 9.63. The van der Waals surface area contributed by atoms with Crippen molar-refractivity contribution in [2.24, 2.45) is 0 Å². The van der Waals surface area contributed by atoms with Gasteiger partial charge in [0.1, 0.15) is 5.75 Å². The fourth-order valence-corrected chi connectivity index (χ4v) is 2.26. The van der Waals surface area contributed by atoms with Crippen LogP contribution in [0.25, 0.3) is 0 Å². The first-order valence-corrected chi connectivity index (χ1v) is 7.79. The molecule has 1 rings (SSSR count). The Bertz CT molecular complexity index is 430. The van der Waals surface area contributed by atoms with Crippen LogP contribution in [-0.4, -0.2) is 32.1 Å². The van der Waals surface area contributed by atoms with Gasteiger partial charge in [-0.3, -0.25) is 4.79 Å². The lowest BCUT2D eigenvalue weighted by Gasteiger charge is -2.09. The van der Waals surface area contributed by atoms with Crippen molar-refractivity contribution in [1.29, 1.82) is 0 Å². The predicted molar refractivity (Wildman–Crippen MR) is 92.4 cm³/mol. The molecule has 1 aromatic carbocycles. The van der Waals surface area contributed by atoms with Crippen molar-refractivity contribution >= 4 is 34.2 Å². The monoisotopic (exact) mass is 378 g/mol. The van der Waals surface area contributed by atoms with Gasteiger partial charge in [0.25, 0.3) is 0 Å². The van der Waals surface area contributed by atoms with E-state index in [1.54, 1.807) is 0 Å². The molecule has 0 heterocycles. The van der Waals surface area contributed by atoms with Crippen molar-refractivity contribution in [3.8, 4) is 5.75 Å². The summed E-state index contributed by atoms with van der Waals surface area (Å²) in [6.45, 7) is 6.98. The van der Waals surface area contributed by atoms with E-state index in [2.05, 4.69) is 33.5 Å². The van der Waals surface area contributed by atoms with Crippen LogP contribution >= 0.6 is 28.3 Å². The second kappa shape index (κ2) is 11.8. The van der Waals surface area contributed by atoms with Crippen LogP contribution < -0.4 is 15.4 Å². The molecule has 0 atom stereocenters. The number of rotatable bonds is 9. The summed E-state index contributed by atoms with van der Waals surface area (Å²) in [5.74, 6) is 0.791. The van der Waals surface area contributed by atoms with Crippen LogP contribution in [0.4, 0.5) is 0 Å². The number of hydrogen-bond donors (Lipinski definition) is 2. The van der Waals surface area contributed by atoms with Gasteiger partial charge in [-0.25, -0.2) is 0 Å². The van der Waals surface area contributed by atoms with E-state index in [1.807, 2.05) is 25.1 Å². The third kappa shape index (κ3) is 8.96. The summed E-state index contributed by atoms with van der Waals surface area (Å²) >= 11 is 3.45. The fourth-order valence-electron chi connectivity index (χ4n) is 1.66. The summed E-state index contributed by atoms with van der Waals surface area (Å²) < 4.78 is 6.50. The van der Waals surface area contributed by atoms with Crippen LogP contribution in [0.2, 0.25) is 0 Å². The van der Waals surface area contributed by atoms with Gasteiger partial charge < -0.3 is 15.4 Å². The maximum Gasteiger partial charge on any atom is 0.223 e. The van der Waals surface area contributed by atoms with Crippen molar-refractivity contribution in [3.05, 3.63) is 28.2 Å². The molecule has 0 saturated heterocycles. The van der Waals surface area contributed by atoms with Crippen molar-refractivity contribution < 1.29 is 9.53 Å². The molecular formula is C15H24BrClN2O2. The highest BCUT2D eigenvalue weighted by atomic mass is 79.9. The zero-order valence-corrected chi connectivity index (χ0v) is 15.0. The Balaban J connectivity index is 0.00000400. The molecule has 2 N–H and O–H groups in total. The molecule has 0 aliphatic heterocycles. The molecule has 0 aliphatic rings. The molecule has 0 saturated carbocycles. The third-order valence-corrected chi connectivity index (χ3v) is 3.34. The maximum atomic E-state index is 11.6. The van der Waals surface area contributed by atoms with E-state index in [4.69, 9.17) is 4.74 Å². The number of nitrogens with one attached hydrogen (secondary N) is 2. The van der Waals surface area contributed by atoms with Crippen LogP contribution in [0.15, 0.2) is 22.7 Å². The quantitative estimate of drug-likeness (QED) is 0.648. The topological polar surface area (TPSA) is 50.4 Å². The first-order valence-electron chi connectivity index (χ1n) is 7.00. The first kappa shape index (κ1) is 20.2. The summed E-state index contributed by atoms with van der Waals surface area (Å²) in [6, 6.07) is 5.89. The van der Waals surface area contributed by atoms with Crippen LogP contribution in [0, 0.1) is 6.92 Å². The number of hydrogen-bond acceptors (Lipinski definition) is 3. The molecule has 0 spiro atoms. The minimum absolute atomic E-state index is 0. The number of amides is 1. The largest absolute Gasteiger partial charge is 0.492 e. The Morgan fingerprint density at radius 1 is 1.29 bits per heavy atom. The normalized spacial score (nSPS) is 9.86. The van der Waals surface area contributed by atoms with Crippen molar-refractivity contribution in [1.82, 2.24) is 10.6 Å². The number of benzene rings is 1. The molecular weight excluding hydrogens is 356 g/mol. The maximum absolute atomic E-state index is 11.6. The lowest BCUT2D eigenvalue weighted by molar-refractivity contribution is -0.121. The molecule has 0 fully saturated rings. The molecule has 0 bridgehead atoms. The van der Waals surface area contributed by atoms with Crippen LogP contribution in [-0.2, 0) is 4.79 Å². The minimum Gasteiger partial charge on any atom is -0.492 e. The Kier molecular flexibility index (Phi) is 11.4. The van der Waals surface area contributed by atoms with Gasteiger partial charge in [-0.15, -0.1) is 12.4 Å². The van der Waals surface area contributed by atoms with Gasteiger partial charge in [0.15, 0.2) is 0 Å². The fraction of sp³-hybridized carbons (Fsp3) is 0.533. The van der Waals surface area contributed by atoms with Crippen molar-refractivity contribution in [3.63, 3.8) is 0 Å². The van der Waals surface area contributed by atoms with E-state index in [0.717, 1.165) is 29.7 Å². The molecule has 4 nitrogen and oxygen atoms in total. The molecule has 0 radical (unpaired) electrons. The second-order valence-corrected chi connectivity index (χ2v) is 5.49. The lowest BCUT2D eigenvalue weighted by atomic mass is 10.2. The van der Waals surface area contributed by atoms with Gasteiger partial charge in [0, 0.05) is 13.1 Å². The zero-order chi connectivity index (χ0) is 14.8. The molecule has 0 unspecified atom stereocenters. The van der Waals surface area contributed by atoms with Gasteiger partial charge in [0.2, 0.25) is 5.91 Å². The SMILES string of the molecule is CCCNCCNC(=O)CCOc1ccc(C)cc1Br.Cl. The summed E-state index contributed by atoms with van der Waals surface area (Å²) in [6.07, 6.45) is 1.47. The summed E-state index contributed by atoms with van der Waals surface area (Å²) in [5.41, 5.74) is 1.17. The van der Waals surface area contributed by atoms with E-state index in [-0.39, 0.29) is 18.3 Å². The molecule has 1 aromatic rings. The van der Waals surface area contributed by atoms with Gasteiger partial charge in [0.05, 0.1) is 17.5 Å². The summed E-state index contributed by atoms with van der Waals surface area (Å²) in [5, 5.41) is 6.09. The van der Waals surface area contributed by atoms with Crippen LogP contribution in [0.5, 0.6) is 5.75 Å². The zero-order valence-electron chi connectivity index (χ0n) is 12.6. The highest BCUT2D eigenvalue weighted by Crippen LogP contribution is 2.25. The lowest BCUT2D eigenvalue weighted by Crippen LogP contribution is -2.32. The van der Waals surface area contributed by atoms with Crippen molar-refractivity contribution in [2.75, 3.05) is 26.2 Å². The van der Waals surface area contributed by atoms with E-state index >= 15 is 0 Å². The highest BCUT2D eigenvalue weighted by molar-refractivity contribution is 9.10. The Labute approximate surface area is 141 Å². The van der Waals surface area contributed by atoms with Crippen LogP contribution in [0.3, 0.4) is 0 Å². The number of carbonyl (C=O) groups is 1. The molecule has 0 aliphatic carbocycles. The average Bonchev–Trinajstić information content (AvgIpc) is 2.41. The Morgan fingerprint density at radius 2 is 2.05 bits per heavy atom. The van der Waals surface area contributed by atoms with Gasteiger partial charge in [-0.1, -0.05) is 13.0 Å². The van der Waals surface area contributed by atoms with Gasteiger partial charge in [-0.05, 0) is 53.5 Å². The number of aryl methyl sites for hydroxylation is 1. The minimum atomic E-state index is 0. The Hall–Kier alpha value is -0.780. The second-order valence-electron chi connectivity index (χ2n) is 4.63. The van der Waals surface area contributed by atoms with E-state index in [1.165, 1.54) is 5.56 Å². The molecule has 0 aromatic heterocycles. The number of ether oxygens (including phenoxy) is 1.